The molecule has 4 aliphatic rings. The molecule has 0 aromatic heterocycles. The van der Waals surface area contributed by atoms with Crippen LogP contribution < -0.4 is 9.47 Å². The van der Waals surface area contributed by atoms with Crippen molar-refractivity contribution in [3.8, 4) is 11.5 Å². The van der Waals surface area contributed by atoms with Crippen LogP contribution >= 0.6 is 0 Å². The van der Waals surface area contributed by atoms with Gasteiger partial charge in [-0.25, -0.2) is 0 Å². The summed E-state index contributed by atoms with van der Waals surface area (Å²) in [6.07, 6.45) is 5.23. The van der Waals surface area contributed by atoms with Gasteiger partial charge < -0.3 is 19.7 Å². The summed E-state index contributed by atoms with van der Waals surface area (Å²) in [5, 5.41) is 22.3. The third-order valence-corrected chi connectivity index (χ3v) is 10.6. The number of esters is 2. The van der Waals surface area contributed by atoms with Gasteiger partial charge in [-0.15, -0.1) is 0 Å². The lowest BCUT2D eigenvalue weighted by Crippen LogP contribution is -2.36. The second-order valence-electron chi connectivity index (χ2n) is 13.2. The first-order valence-electron chi connectivity index (χ1n) is 15.2. The van der Waals surface area contributed by atoms with Crippen LogP contribution in [0.25, 0.3) is 21.5 Å². The van der Waals surface area contributed by atoms with Gasteiger partial charge in [0.2, 0.25) is 0 Å². The summed E-state index contributed by atoms with van der Waals surface area (Å²) in [5.41, 5.74) is 3.79. The van der Waals surface area contributed by atoms with Crippen molar-refractivity contribution in [2.75, 3.05) is 0 Å². The first-order valence-corrected chi connectivity index (χ1v) is 15.2. The number of carboxylic acid groups (broad SMARTS) is 2. The molecule has 8 atom stereocenters. The van der Waals surface area contributed by atoms with Gasteiger partial charge in [-0.1, -0.05) is 58.7 Å². The Morgan fingerprint density at radius 2 is 0.977 bits per heavy atom. The van der Waals surface area contributed by atoms with Gasteiger partial charge in [0.15, 0.2) is 0 Å². The summed E-state index contributed by atoms with van der Waals surface area (Å²) in [4.78, 5) is 52.2. The number of benzene rings is 3. The van der Waals surface area contributed by atoms with Crippen molar-refractivity contribution in [2.24, 2.45) is 47.3 Å². The van der Waals surface area contributed by atoms with Crippen molar-refractivity contribution >= 4 is 45.4 Å². The molecule has 2 N–H and O–H groups in total. The van der Waals surface area contributed by atoms with Gasteiger partial charge >= 0.3 is 23.9 Å². The van der Waals surface area contributed by atoms with E-state index in [2.05, 4.69) is 0 Å². The van der Waals surface area contributed by atoms with E-state index in [1.807, 2.05) is 76.2 Å². The van der Waals surface area contributed by atoms with Crippen molar-refractivity contribution in [1.29, 1.82) is 0 Å². The lowest BCUT2D eigenvalue weighted by Gasteiger charge is -2.27. The van der Waals surface area contributed by atoms with Crippen molar-refractivity contribution in [2.45, 2.75) is 40.5 Å². The van der Waals surface area contributed by atoms with Gasteiger partial charge in [0.05, 0.1) is 23.7 Å². The molecule has 0 amide bonds. The molecule has 0 spiro atoms. The van der Waals surface area contributed by atoms with E-state index in [1.54, 1.807) is 0 Å². The Bertz CT molecular complexity index is 1730. The van der Waals surface area contributed by atoms with Crippen LogP contribution in [0.1, 0.15) is 37.8 Å². The molecule has 4 aliphatic carbocycles. The summed E-state index contributed by atoms with van der Waals surface area (Å²) in [6, 6.07) is 11.1. The van der Waals surface area contributed by atoms with E-state index in [1.165, 1.54) is 0 Å². The molecule has 0 heterocycles. The zero-order valence-electron chi connectivity index (χ0n) is 25.0. The quantitative estimate of drug-likeness (QED) is 0.148. The van der Waals surface area contributed by atoms with Crippen LogP contribution in [0, 0.1) is 61.2 Å². The Kier molecular flexibility index (Phi) is 6.46. The molecule has 8 unspecified atom stereocenters. The molecule has 8 nitrogen and oxygen atoms in total. The molecular formula is C36H34O8. The monoisotopic (exact) mass is 594 g/mol. The Morgan fingerprint density at radius 3 is 1.34 bits per heavy atom. The summed E-state index contributed by atoms with van der Waals surface area (Å²) < 4.78 is 12.4. The first-order chi connectivity index (χ1) is 20.9. The Morgan fingerprint density at radius 1 is 0.591 bits per heavy atom. The lowest BCUT2D eigenvalue weighted by molar-refractivity contribution is -0.152. The molecule has 3 aromatic rings. The first kappa shape index (κ1) is 28.3. The van der Waals surface area contributed by atoms with Crippen LogP contribution in [0.15, 0.2) is 59.7 Å². The zero-order chi connectivity index (χ0) is 31.2. The predicted molar refractivity (Wildman–Crippen MR) is 162 cm³/mol. The number of hydrogen-bond donors (Lipinski definition) is 2. The zero-order valence-corrected chi connectivity index (χ0v) is 25.0. The van der Waals surface area contributed by atoms with E-state index in [0.29, 0.717) is 34.4 Å². The van der Waals surface area contributed by atoms with Crippen LogP contribution in [0.2, 0.25) is 0 Å². The Balaban J connectivity index is 1.33. The van der Waals surface area contributed by atoms with Crippen molar-refractivity contribution in [1.82, 2.24) is 0 Å². The van der Waals surface area contributed by atoms with Crippen molar-refractivity contribution in [3.63, 3.8) is 0 Å². The van der Waals surface area contributed by atoms with Crippen LogP contribution in [0.3, 0.4) is 0 Å². The largest absolute Gasteiger partial charge is 0.481 e. The second kappa shape index (κ2) is 10.0. The van der Waals surface area contributed by atoms with Crippen LogP contribution in [-0.2, 0) is 19.2 Å². The minimum Gasteiger partial charge on any atom is -0.481 e. The van der Waals surface area contributed by atoms with Gasteiger partial charge in [-0.2, -0.15) is 0 Å². The molecule has 2 saturated carbocycles. The van der Waals surface area contributed by atoms with Crippen molar-refractivity contribution < 1.29 is 38.9 Å². The highest BCUT2D eigenvalue weighted by atomic mass is 16.5. The van der Waals surface area contributed by atoms with E-state index in [0.717, 1.165) is 22.3 Å². The summed E-state index contributed by atoms with van der Waals surface area (Å²) >= 11 is 0. The van der Waals surface area contributed by atoms with E-state index in [-0.39, 0.29) is 35.2 Å². The second-order valence-corrected chi connectivity index (χ2v) is 13.2. The topological polar surface area (TPSA) is 127 Å². The SMILES string of the molecule is CC1=CC2CC1C(C(=O)O)C2C(=O)Oc1c2ccc(C)cc2c(OC(=O)C2C3C=C(C)C(C3)C2C(=O)O)c2ccc(C)cc12. The number of fused-ring (bicyclic) bond motifs is 6. The number of carbonyl (C=O) groups excluding carboxylic acids is 2. The number of aryl methyl sites for hydroxylation is 2. The molecule has 226 valence electrons. The molecule has 0 radical (unpaired) electrons. The normalized spacial score (nSPS) is 30.0. The average molecular weight is 595 g/mol. The maximum absolute atomic E-state index is 13.8. The van der Waals surface area contributed by atoms with E-state index in [4.69, 9.17) is 9.47 Å². The number of carboxylic acids is 2. The Labute approximate surface area is 254 Å². The van der Waals surface area contributed by atoms with E-state index < -0.39 is 47.5 Å². The molecule has 2 fully saturated rings. The number of carbonyl (C=O) groups is 4. The van der Waals surface area contributed by atoms with Gasteiger partial charge in [0.25, 0.3) is 0 Å². The number of aliphatic carboxylic acids is 2. The molecule has 0 saturated heterocycles. The fourth-order valence-electron chi connectivity index (χ4n) is 8.64. The summed E-state index contributed by atoms with van der Waals surface area (Å²) in [5.74, 6) is -6.66. The minimum absolute atomic E-state index is 0.186. The number of ether oxygens (including phenoxy) is 2. The van der Waals surface area contributed by atoms with Crippen LogP contribution in [0.4, 0.5) is 0 Å². The highest BCUT2D eigenvalue weighted by Gasteiger charge is 2.56. The molecule has 3 aromatic carbocycles. The summed E-state index contributed by atoms with van der Waals surface area (Å²) in [6.45, 7) is 7.64. The molecule has 0 aliphatic heterocycles. The lowest BCUT2D eigenvalue weighted by atomic mass is 9.80. The number of rotatable bonds is 6. The number of hydrogen-bond acceptors (Lipinski definition) is 6. The maximum atomic E-state index is 13.8. The average Bonchev–Trinajstić information content (AvgIpc) is 3.72. The summed E-state index contributed by atoms with van der Waals surface area (Å²) in [7, 11) is 0. The fraction of sp³-hybridized carbons (Fsp3) is 0.389. The fourth-order valence-corrected chi connectivity index (χ4v) is 8.64. The third kappa shape index (κ3) is 4.18. The minimum atomic E-state index is -0.999. The molecule has 44 heavy (non-hydrogen) atoms. The number of allylic oxidation sites excluding steroid dienone is 4. The van der Waals surface area contributed by atoms with Gasteiger partial charge in [-0.3, -0.25) is 19.2 Å². The predicted octanol–water partition coefficient (Wildman–Crippen LogP) is 6.25. The maximum Gasteiger partial charge on any atom is 0.315 e. The highest BCUT2D eigenvalue weighted by molar-refractivity contribution is 6.13. The van der Waals surface area contributed by atoms with Crippen LogP contribution in [0.5, 0.6) is 11.5 Å². The third-order valence-electron chi connectivity index (χ3n) is 10.6. The molecule has 4 bridgehead atoms. The highest BCUT2D eigenvalue weighted by Crippen LogP contribution is 2.54. The van der Waals surface area contributed by atoms with Crippen LogP contribution in [-0.4, -0.2) is 34.1 Å². The van der Waals surface area contributed by atoms with E-state index >= 15 is 0 Å². The van der Waals surface area contributed by atoms with E-state index in [9.17, 15) is 29.4 Å². The smallest absolute Gasteiger partial charge is 0.315 e. The van der Waals surface area contributed by atoms with Crippen molar-refractivity contribution in [3.05, 3.63) is 70.8 Å². The molecular weight excluding hydrogens is 560 g/mol. The molecule has 8 heteroatoms. The standard InChI is InChI=1S/C36H34O8/c1-15-5-7-21-25(9-15)31(43-35(41)27-19-11-17(3)23(13-19)29(27)33(37)38)22-8-6-16(2)10-26(22)32(21)44-36(42)28-20-12-18(4)24(14-20)30(28)34(39)40/h5-12,19-20,23-24,27-30H,13-14H2,1-4H3,(H,37,38)(H,39,40). The molecule has 7 rings (SSSR count). The van der Waals surface area contributed by atoms with Gasteiger partial charge in [0, 0.05) is 21.5 Å². The van der Waals surface area contributed by atoms with Gasteiger partial charge in [-0.05, 0) is 76.3 Å². The Hall–Kier alpha value is -4.46. The van der Waals surface area contributed by atoms with Gasteiger partial charge in [0.1, 0.15) is 11.5 Å².